The third-order valence-corrected chi connectivity index (χ3v) is 2.10. The quantitative estimate of drug-likeness (QED) is 0.638. The summed E-state index contributed by atoms with van der Waals surface area (Å²) in [5, 5.41) is 1.17. The molecule has 1 aromatic carbocycles. The minimum atomic E-state index is 1.04. The van der Waals surface area contributed by atoms with Gasteiger partial charge in [0.1, 0.15) is 0 Å². The fraction of sp³-hybridized carbons (Fsp3) is 0.0833. The van der Waals surface area contributed by atoms with Crippen molar-refractivity contribution in [2.45, 2.75) is 6.92 Å². The van der Waals surface area contributed by atoms with Crippen molar-refractivity contribution in [1.82, 2.24) is 4.98 Å². The molecule has 0 spiro atoms. The van der Waals surface area contributed by atoms with Gasteiger partial charge in [-0.3, -0.25) is 4.98 Å². The molecular formula is C12H11N. The lowest BCUT2D eigenvalue weighted by Gasteiger charge is -2.02. The van der Waals surface area contributed by atoms with Crippen LogP contribution in [-0.4, -0.2) is 4.98 Å². The van der Waals surface area contributed by atoms with E-state index in [1.807, 2.05) is 31.2 Å². The van der Waals surface area contributed by atoms with Crippen LogP contribution in [0, 0.1) is 6.92 Å². The van der Waals surface area contributed by atoms with Gasteiger partial charge in [-0.1, -0.05) is 30.9 Å². The van der Waals surface area contributed by atoms with E-state index in [4.69, 9.17) is 0 Å². The first-order chi connectivity index (χ1) is 6.31. The molecule has 0 saturated carbocycles. The topological polar surface area (TPSA) is 12.9 Å². The average Bonchev–Trinajstić information content (AvgIpc) is 2.16. The SMILES string of the molecule is C=Cc1cc(C)nc2ccccc12. The molecule has 0 bridgehead atoms. The van der Waals surface area contributed by atoms with Crippen LogP contribution in [0.5, 0.6) is 0 Å². The Morgan fingerprint density at radius 1 is 1.31 bits per heavy atom. The van der Waals surface area contributed by atoms with Crippen LogP contribution >= 0.6 is 0 Å². The number of fused-ring (bicyclic) bond motifs is 1. The Morgan fingerprint density at radius 2 is 2.08 bits per heavy atom. The minimum absolute atomic E-state index is 1.04. The highest BCUT2D eigenvalue weighted by Crippen LogP contribution is 2.18. The molecule has 0 radical (unpaired) electrons. The predicted octanol–water partition coefficient (Wildman–Crippen LogP) is 3.19. The van der Waals surface area contributed by atoms with Gasteiger partial charge in [-0.15, -0.1) is 0 Å². The van der Waals surface area contributed by atoms with Crippen molar-refractivity contribution < 1.29 is 0 Å². The first kappa shape index (κ1) is 7.99. The Hall–Kier alpha value is -1.63. The number of aromatic nitrogens is 1. The number of nitrogens with zero attached hydrogens (tertiary/aromatic N) is 1. The zero-order chi connectivity index (χ0) is 9.26. The summed E-state index contributed by atoms with van der Waals surface area (Å²) in [6, 6.07) is 10.2. The van der Waals surface area contributed by atoms with Gasteiger partial charge in [-0.05, 0) is 24.6 Å². The van der Waals surface area contributed by atoms with Gasteiger partial charge in [0.2, 0.25) is 0 Å². The van der Waals surface area contributed by atoms with Crippen molar-refractivity contribution in [1.29, 1.82) is 0 Å². The summed E-state index contributed by atoms with van der Waals surface area (Å²) in [5.41, 5.74) is 3.23. The third kappa shape index (κ3) is 1.33. The van der Waals surface area contributed by atoms with Crippen LogP contribution in [0.2, 0.25) is 0 Å². The van der Waals surface area contributed by atoms with E-state index in [2.05, 4.69) is 23.7 Å². The van der Waals surface area contributed by atoms with Gasteiger partial charge in [0.15, 0.2) is 0 Å². The molecule has 2 rings (SSSR count). The molecule has 64 valence electrons. The van der Waals surface area contributed by atoms with Crippen LogP contribution in [0.3, 0.4) is 0 Å². The van der Waals surface area contributed by atoms with Crippen molar-refractivity contribution in [3.8, 4) is 0 Å². The summed E-state index contributed by atoms with van der Waals surface area (Å²) in [5.74, 6) is 0. The van der Waals surface area contributed by atoms with Gasteiger partial charge in [0.05, 0.1) is 5.52 Å². The standard InChI is InChI=1S/C12H11N/c1-3-10-8-9(2)13-12-7-5-4-6-11(10)12/h3-8H,1H2,2H3. The van der Waals surface area contributed by atoms with E-state index < -0.39 is 0 Å². The predicted molar refractivity (Wildman–Crippen MR) is 56.6 cm³/mol. The molecule has 1 heteroatoms. The number of pyridine rings is 1. The highest BCUT2D eigenvalue weighted by molar-refractivity contribution is 5.87. The molecule has 0 aliphatic carbocycles. The van der Waals surface area contributed by atoms with Gasteiger partial charge >= 0.3 is 0 Å². The molecular weight excluding hydrogens is 158 g/mol. The van der Waals surface area contributed by atoms with E-state index in [9.17, 15) is 0 Å². The normalized spacial score (nSPS) is 10.2. The third-order valence-electron chi connectivity index (χ3n) is 2.10. The van der Waals surface area contributed by atoms with Crippen LogP contribution in [0.1, 0.15) is 11.3 Å². The number of rotatable bonds is 1. The lowest BCUT2D eigenvalue weighted by Crippen LogP contribution is -1.86. The lowest BCUT2D eigenvalue weighted by molar-refractivity contribution is 1.25. The molecule has 1 nitrogen and oxygen atoms in total. The van der Waals surface area contributed by atoms with E-state index >= 15 is 0 Å². The molecule has 0 unspecified atom stereocenters. The second-order valence-electron chi connectivity index (χ2n) is 3.07. The summed E-state index contributed by atoms with van der Waals surface area (Å²) in [6.07, 6.45) is 1.87. The van der Waals surface area contributed by atoms with Crippen LogP contribution in [-0.2, 0) is 0 Å². The highest BCUT2D eigenvalue weighted by Gasteiger charge is 1.98. The molecule has 0 N–H and O–H groups in total. The van der Waals surface area contributed by atoms with E-state index in [0.29, 0.717) is 0 Å². The van der Waals surface area contributed by atoms with Crippen LogP contribution in [0.25, 0.3) is 17.0 Å². The Bertz CT molecular complexity index is 458. The van der Waals surface area contributed by atoms with E-state index in [1.54, 1.807) is 0 Å². The number of benzene rings is 1. The van der Waals surface area contributed by atoms with Crippen molar-refractivity contribution >= 4 is 17.0 Å². The maximum absolute atomic E-state index is 4.44. The maximum atomic E-state index is 4.44. The summed E-state index contributed by atoms with van der Waals surface area (Å²) in [7, 11) is 0. The van der Waals surface area contributed by atoms with Crippen molar-refractivity contribution in [3.05, 3.63) is 48.2 Å². The molecule has 0 amide bonds. The second-order valence-corrected chi connectivity index (χ2v) is 3.07. The number of para-hydroxylation sites is 1. The fourth-order valence-corrected chi connectivity index (χ4v) is 1.51. The van der Waals surface area contributed by atoms with Gasteiger partial charge in [0.25, 0.3) is 0 Å². The molecule has 2 aromatic rings. The zero-order valence-electron chi connectivity index (χ0n) is 7.62. The monoisotopic (exact) mass is 169 g/mol. The van der Waals surface area contributed by atoms with Gasteiger partial charge in [-0.2, -0.15) is 0 Å². The summed E-state index contributed by atoms with van der Waals surface area (Å²) >= 11 is 0. The molecule has 13 heavy (non-hydrogen) atoms. The van der Waals surface area contributed by atoms with Gasteiger partial charge in [0, 0.05) is 11.1 Å². The first-order valence-corrected chi connectivity index (χ1v) is 4.30. The van der Waals surface area contributed by atoms with E-state index in [1.165, 1.54) is 5.39 Å². The Labute approximate surface area is 77.7 Å². The molecule has 0 fully saturated rings. The van der Waals surface area contributed by atoms with Crippen molar-refractivity contribution in [2.75, 3.05) is 0 Å². The smallest absolute Gasteiger partial charge is 0.0711 e. The molecule has 0 saturated heterocycles. The Kier molecular flexibility index (Phi) is 1.85. The summed E-state index contributed by atoms with van der Waals surface area (Å²) in [4.78, 5) is 4.44. The maximum Gasteiger partial charge on any atom is 0.0711 e. The largest absolute Gasteiger partial charge is 0.253 e. The molecule has 0 aliphatic rings. The number of aryl methyl sites for hydroxylation is 1. The van der Waals surface area contributed by atoms with E-state index in [0.717, 1.165) is 16.8 Å². The lowest BCUT2D eigenvalue weighted by atomic mass is 10.1. The molecule has 0 atom stereocenters. The first-order valence-electron chi connectivity index (χ1n) is 4.30. The van der Waals surface area contributed by atoms with Gasteiger partial charge < -0.3 is 0 Å². The summed E-state index contributed by atoms with van der Waals surface area (Å²) in [6.45, 7) is 5.79. The average molecular weight is 169 g/mol. The van der Waals surface area contributed by atoms with Gasteiger partial charge in [-0.25, -0.2) is 0 Å². The van der Waals surface area contributed by atoms with Crippen LogP contribution in [0.15, 0.2) is 36.9 Å². The van der Waals surface area contributed by atoms with Crippen molar-refractivity contribution in [3.63, 3.8) is 0 Å². The minimum Gasteiger partial charge on any atom is -0.253 e. The van der Waals surface area contributed by atoms with Crippen LogP contribution in [0.4, 0.5) is 0 Å². The zero-order valence-corrected chi connectivity index (χ0v) is 7.62. The number of hydrogen-bond acceptors (Lipinski definition) is 1. The van der Waals surface area contributed by atoms with Crippen molar-refractivity contribution in [2.24, 2.45) is 0 Å². The molecule has 1 aromatic heterocycles. The second kappa shape index (κ2) is 3.02. The summed E-state index contributed by atoms with van der Waals surface area (Å²) < 4.78 is 0. The molecule has 1 heterocycles. The highest BCUT2D eigenvalue weighted by atomic mass is 14.7. The molecule has 0 aliphatic heterocycles. The fourth-order valence-electron chi connectivity index (χ4n) is 1.51. The number of hydrogen-bond donors (Lipinski definition) is 0. The Morgan fingerprint density at radius 3 is 2.85 bits per heavy atom. The van der Waals surface area contributed by atoms with E-state index in [-0.39, 0.29) is 0 Å². The Balaban J connectivity index is 2.89. The van der Waals surface area contributed by atoms with Crippen LogP contribution < -0.4 is 0 Å².